The van der Waals surface area contributed by atoms with Gasteiger partial charge in [-0.05, 0) is 30.7 Å². The van der Waals surface area contributed by atoms with Gasteiger partial charge in [-0.1, -0.05) is 12.1 Å². The Balaban J connectivity index is 1.87. The van der Waals surface area contributed by atoms with Crippen molar-refractivity contribution in [3.8, 4) is 0 Å². The van der Waals surface area contributed by atoms with Crippen LogP contribution >= 0.6 is 0 Å². The molecule has 2 heterocycles. The lowest BCUT2D eigenvalue weighted by molar-refractivity contribution is 0.0696. The third kappa shape index (κ3) is 5.26. The Kier molecular flexibility index (Phi) is 6.91. The Hall–Kier alpha value is -2.69. The summed E-state index contributed by atoms with van der Waals surface area (Å²) in [5, 5.41) is 9.33. The molecule has 30 heavy (non-hydrogen) atoms. The molecule has 1 aromatic heterocycles. The van der Waals surface area contributed by atoms with Crippen LogP contribution in [0.15, 0.2) is 41.4 Å². The summed E-state index contributed by atoms with van der Waals surface area (Å²) >= 11 is 0. The van der Waals surface area contributed by atoms with E-state index in [4.69, 9.17) is 4.74 Å². The van der Waals surface area contributed by atoms with E-state index in [2.05, 4.69) is 14.6 Å². The zero-order valence-corrected chi connectivity index (χ0v) is 17.9. The van der Waals surface area contributed by atoms with E-state index >= 15 is 0 Å². The number of aryl methyl sites for hydroxylation is 1. The van der Waals surface area contributed by atoms with Crippen molar-refractivity contribution in [1.82, 2.24) is 9.88 Å². The topological polar surface area (TPSA) is 112 Å². The maximum absolute atomic E-state index is 12.9. The summed E-state index contributed by atoms with van der Waals surface area (Å²) < 4.78 is 33.5. The van der Waals surface area contributed by atoms with Gasteiger partial charge in [-0.3, -0.25) is 9.62 Å². The highest BCUT2D eigenvalue weighted by Gasteiger charge is 2.24. The van der Waals surface area contributed by atoms with E-state index in [1.54, 1.807) is 32.2 Å². The maximum atomic E-state index is 12.9. The molecule has 10 heteroatoms. The number of carboxylic acid groups (broad SMARTS) is 1. The van der Waals surface area contributed by atoms with Crippen LogP contribution in [0, 0.1) is 6.92 Å². The lowest BCUT2D eigenvalue weighted by atomic mass is 10.2. The van der Waals surface area contributed by atoms with Gasteiger partial charge >= 0.3 is 5.97 Å². The fourth-order valence-corrected chi connectivity index (χ4v) is 4.45. The average Bonchev–Trinajstić information content (AvgIpc) is 2.72. The number of hydrogen-bond donors (Lipinski definition) is 2. The van der Waals surface area contributed by atoms with Crippen LogP contribution in [-0.4, -0.2) is 75.8 Å². The molecule has 0 unspecified atom stereocenters. The number of ether oxygens (including phenoxy) is 1. The van der Waals surface area contributed by atoms with E-state index in [0.29, 0.717) is 25.5 Å². The third-order valence-electron chi connectivity index (χ3n) is 4.94. The van der Waals surface area contributed by atoms with Gasteiger partial charge in [0.25, 0.3) is 10.0 Å². The molecule has 0 radical (unpaired) electrons. The molecular formula is C20H26N4O5S. The number of nitrogens with one attached hydrogen (secondary N) is 1. The normalized spacial score (nSPS) is 15.2. The third-order valence-corrected chi connectivity index (χ3v) is 6.30. The van der Waals surface area contributed by atoms with Gasteiger partial charge in [-0.25, -0.2) is 18.2 Å². The first kappa shape index (κ1) is 22.0. The van der Waals surface area contributed by atoms with E-state index in [1.807, 2.05) is 4.90 Å². The van der Waals surface area contributed by atoms with Crippen LogP contribution in [0.4, 0.5) is 11.5 Å². The zero-order chi connectivity index (χ0) is 21.7. The van der Waals surface area contributed by atoms with E-state index in [-0.39, 0.29) is 16.1 Å². The Morgan fingerprint density at radius 3 is 2.60 bits per heavy atom. The summed E-state index contributed by atoms with van der Waals surface area (Å²) in [7, 11) is -2.24. The van der Waals surface area contributed by atoms with Crippen molar-refractivity contribution in [3.05, 3.63) is 47.7 Å². The highest BCUT2D eigenvalue weighted by Crippen LogP contribution is 2.28. The number of pyridine rings is 1. The predicted octanol–water partition coefficient (Wildman–Crippen LogP) is 1.66. The highest BCUT2D eigenvalue weighted by molar-refractivity contribution is 7.92. The van der Waals surface area contributed by atoms with E-state index in [0.717, 1.165) is 25.2 Å². The summed E-state index contributed by atoms with van der Waals surface area (Å²) in [5.41, 5.74) is 0.879. The molecule has 162 valence electrons. The lowest BCUT2D eigenvalue weighted by Crippen LogP contribution is -2.47. The smallest absolute Gasteiger partial charge is 0.337 e. The molecule has 0 bridgehead atoms. The van der Waals surface area contributed by atoms with Crippen molar-refractivity contribution >= 4 is 27.5 Å². The number of benzene rings is 1. The van der Waals surface area contributed by atoms with Crippen molar-refractivity contribution < 1.29 is 23.1 Å². The quantitative estimate of drug-likeness (QED) is 0.645. The van der Waals surface area contributed by atoms with Gasteiger partial charge in [0.15, 0.2) is 5.82 Å². The molecule has 1 fully saturated rings. The summed E-state index contributed by atoms with van der Waals surface area (Å²) in [5.74, 6) is -0.753. The second kappa shape index (κ2) is 9.41. The molecule has 0 amide bonds. The van der Waals surface area contributed by atoms with E-state index in [9.17, 15) is 18.3 Å². The molecule has 9 nitrogen and oxygen atoms in total. The van der Waals surface area contributed by atoms with Crippen molar-refractivity contribution in [3.63, 3.8) is 0 Å². The van der Waals surface area contributed by atoms with Crippen LogP contribution in [0.5, 0.6) is 0 Å². The Morgan fingerprint density at radius 2 is 1.97 bits per heavy atom. The van der Waals surface area contributed by atoms with Crippen LogP contribution in [0.25, 0.3) is 0 Å². The number of sulfonamides is 1. The van der Waals surface area contributed by atoms with Crippen molar-refractivity contribution in [1.29, 1.82) is 0 Å². The van der Waals surface area contributed by atoms with Crippen LogP contribution < -0.4 is 9.62 Å². The number of anilines is 2. The van der Waals surface area contributed by atoms with Gasteiger partial charge in [0.1, 0.15) is 0 Å². The Morgan fingerprint density at radius 1 is 1.23 bits per heavy atom. The van der Waals surface area contributed by atoms with Gasteiger partial charge in [0, 0.05) is 46.0 Å². The molecule has 0 saturated carbocycles. The predicted molar refractivity (Wildman–Crippen MR) is 114 cm³/mol. The zero-order valence-electron chi connectivity index (χ0n) is 17.0. The monoisotopic (exact) mass is 434 g/mol. The molecule has 0 spiro atoms. The minimum absolute atomic E-state index is 0.0839. The van der Waals surface area contributed by atoms with Crippen molar-refractivity contribution in [2.24, 2.45) is 0 Å². The number of piperazine rings is 1. The summed E-state index contributed by atoms with van der Waals surface area (Å²) in [6.45, 7) is 6.10. The van der Waals surface area contributed by atoms with Gasteiger partial charge in [-0.15, -0.1) is 0 Å². The molecule has 1 aromatic carbocycles. The molecule has 0 atom stereocenters. The summed E-state index contributed by atoms with van der Waals surface area (Å²) in [6.07, 6.45) is 1.25. The second-order valence-corrected chi connectivity index (χ2v) is 8.83. The number of aromatic carboxylic acids is 1. The molecule has 2 aromatic rings. The fourth-order valence-electron chi connectivity index (χ4n) is 3.29. The van der Waals surface area contributed by atoms with Gasteiger partial charge in [0.05, 0.1) is 22.8 Å². The number of hydrogen-bond acceptors (Lipinski definition) is 7. The minimum Gasteiger partial charge on any atom is -0.478 e. The van der Waals surface area contributed by atoms with Crippen LogP contribution in [0.2, 0.25) is 0 Å². The fraction of sp³-hybridized carbons (Fsp3) is 0.400. The number of methoxy groups -OCH3 is 1. The van der Waals surface area contributed by atoms with E-state index in [1.165, 1.54) is 18.3 Å². The second-order valence-electron chi connectivity index (χ2n) is 7.14. The molecule has 2 N–H and O–H groups in total. The first-order chi connectivity index (χ1) is 14.3. The molecular weight excluding hydrogens is 408 g/mol. The molecule has 0 aliphatic carbocycles. The minimum atomic E-state index is -3.90. The Bertz CT molecular complexity index is 1000. The first-order valence-electron chi connectivity index (χ1n) is 9.59. The van der Waals surface area contributed by atoms with Crippen LogP contribution in [0.1, 0.15) is 15.9 Å². The highest BCUT2D eigenvalue weighted by atomic mass is 32.2. The Labute approximate surface area is 176 Å². The summed E-state index contributed by atoms with van der Waals surface area (Å²) in [6, 6.07) is 7.84. The molecule has 1 aliphatic rings. The SMILES string of the molecule is COCCN1CCN(c2ncc(C(=O)O)cc2NS(=O)(=O)c2cccc(C)c2)CC1. The number of rotatable bonds is 8. The van der Waals surface area contributed by atoms with Crippen LogP contribution in [0.3, 0.4) is 0 Å². The van der Waals surface area contributed by atoms with Gasteiger partial charge in [-0.2, -0.15) is 0 Å². The molecule has 3 rings (SSSR count). The molecule has 1 aliphatic heterocycles. The van der Waals surface area contributed by atoms with Crippen molar-refractivity contribution in [2.45, 2.75) is 11.8 Å². The molecule has 1 saturated heterocycles. The first-order valence-corrected chi connectivity index (χ1v) is 11.1. The largest absolute Gasteiger partial charge is 0.478 e. The van der Waals surface area contributed by atoms with Gasteiger partial charge < -0.3 is 14.7 Å². The van der Waals surface area contributed by atoms with Gasteiger partial charge in [0.2, 0.25) is 0 Å². The number of carboxylic acids is 1. The van der Waals surface area contributed by atoms with Crippen molar-refractivity contribution in [2.75, 3.05) is 56.1 Å². The number of nitrogens with zero attached hydrogens (tertiary/aromatic N) is 3. The van der Waals surface area contributed by atoms with E-state index < -0.39 is 16.0 Å². The number of carbonyl (C=O) groups is 1. The maximum Gasteiger partial charge on any atom is 0.337 e. The summed E-state index contributed by atoms with van der Waals surface area (Å²) in [4.78, 5) is 20.0. The average molecular weight is 435 g/mol. The number of aromatic nitrogens is 1. The standard InChI is InChI=1S/C20H26N4O5S/c1-15-4-3-5-17(12-15)30(27,28)22-18-13-16(20(25)26)14-21-19(18)24-8-6-23(7-9-24)10-11-29-2/h3-5,12-14,22H,6-11H2,1-2H3,(H,25,26). The lowest BCUT2D eigenvalue weighted by Gasteiger charge is -2.36. The van der Waals surface area contributed by atoms with Crippen LogP contribution in [-0.2, 0) is 14.8 Å².